The third-order valence-electron chi connectivity index (χ3n) is 12.7. The molecule has 0 radical (unpaired) electrons. The van der Waals surface area contributed by atoms with Gasteiger partial charge < -0.3 is 14.9 Å². The molecule has 2 aliphatic heterocycles. The van der Waals surface area contributed by atoms with Crippen molar-refractivity contribution in [2.24, 2.45) is 17.3 Å². The third kappa shape index (κ3) is 8.03. The lowest BCUT2D eigenvalue weighted by Gasteiger charge is -2.60. The molecule has 280 valence electrons. The SMILES string of the molecule is CCCC(Cc1cc(C(C)(C)C)c(O)c(C(C)(C)C)c1)OC(=O)C(C(=O)O)(C1CC(C)(C)N(C)C(C)(C)C1)C1CC(C)(C)N(C)C(C)(C)C1. The zero-order valence-corrected chi connectivity index (χ0v) is 34.4. The number of hydrogen-bond donors (Lipinski definition) is 2. The number of aromatic hydroxyl groups is 1. The Morgan fingerprint density at radius 3 is 1.41 bits per heavy atom. The van der Waals surface area contributed by atoms with E-state index in [1.165, 1.54) is 0 Å². The van der Waals surface area contributed by atoms with Gasteiger partial charge >= 0.3 is 11.9 Å². The molecular weight excluding hydrogens is 612 g/mol. The molecule has 0 bridgehead atoms. The van der Waals surface area contributed by atoms with E-state index in [9.17, 15) is 15.0 Å². The standard InChI is InChI=1S/C42H72N2O5/c1-18-19-30(20-27-21-31(36(2,3)4)33(45)32(22-27)37(5,6)7)49-35(48)42(34(46)47,28-23-38(8,9)43(16)39(10,11)24-28)29-25-40(12,13)44(17)41(14,15)26-29/h21-22,28-30,45H,18-20,23-26H2,1-17H3,(H,46,47). The van der Waals surface area contributed by atoms with Gasteiger partial charge in [-0.3, -0.25) is 19.4 Å². The van der Waals surface area contributed by atoms with E-state index in [1.807, 2.05) is 0 Å². The van der Waals surface area contributed by atoms with Crippen molar-refractivity contribution in [3.05, 3.63) is 28.8 Å². The molecular formula is C42H72N2O5. The molecule has 0 spiro atoms. The van der Waals surface area contributed by atoms with Crippen molar-refractivity contribution in [1.29, 1.82) is 0 Å². The average molecular weight is 685 g/mol. The fourth-order valence-electron chi connectivity index (χ4n) is 9.48. The summed E-state index contributed by atoms with van der Waals surface area (Å²) in [6.07, 6.45) is 3.70. The second-order valence-corrected chi connectivity index (χ2v) is 20.3. The van der Waals surface area contributed by atoms with E-state index in [1.54, 1.807) is 0 Å². The molecule has 2 aliphatic rings. The molecule has 1 aromatic rings. The molecule has 0 saturated carbocycles. The van der Waals surface area contributed by atoms with Gasteiger partial charge in [0.15, 0.2) is 5.41 Å². The fourth-order valence-corrected chi connectivity index (χ4v) is 9.48. The number of esters is 1. The maximum Gasteiger partial charge on any atom is 0.324 e. The minimum absolute atomic E-state index is 0.295. The monoisotopic (exact) mass is 685 g/mol. The Kier molecular flexibility index (Phi) is 11.3. The molecule has 49 heavy (non-hydrogen) atoms. The molecule has 2 heterocycles. The normalized spacial score (nSPS) is 22.9. The number of aliphatic carboxylic acids is 1. The summed E-state index contributed by atoms with van der Waals surface area (Å²) >= 11 is 0. The predicted octanol–water partition coefficient (Wildman–Crippen LogP) is 9.11. The summed E-state index contributed by atoms with van der Waals surface area (Å²) in [6.45, 7) is 32.0. The van der Waals surface area contributed by atoms with Crippen molar-refractivity contribution in [3.8, 4) is 5.75 Å². The minimum Gasteiger partial charge on any atom is -0.507 e. The average Bonchev–Trinajstić information content (AvgIpc) is 2.89. The lowest BCUT2D eigenvalue weighted by Crippen LogP contribution is -2.67. The Labute approximate surface area is 299 Å². The topological polar surface area (TPSA) is 90.3 Å². The van der Waals surface area contributed by atoms with Crippen molar-refractivity contribution in [1.82, 2.24) is 9.80 Å². The first-order valence-corrected chi connectivity index (χ1v) is 18.7. The molecule has 2 N–H and O–H groups in total. The Bertz CT molecular complexity index is 1260. The number of likely N-dealkylation sites (tertiary alicyclic amines) is 2. The van der Waals surface area contributed by atoms with E-state index < -0.39 is 35.3 Å². The number of carbonyl (C=O) groups excluding carboxylic acids is 1. The maximum absolute atomic E-state index is 15.2. The summed E-state index contributed by atoms with van der Waals surface area (Å²) in [4.78, 5) is 34.1. The van der Waals surface area contributed by atoms with Gasteiger partial charge in [-0.25, -0.2) is 0 Å². The fraction of sp³-hybridized carbons (Fsp3) is 0.810. The summed E-state index contributed by atoms with van der Waals surface area (Å²) in [5.41, 5.74) is -0.838. The number of carbonyl (C=O) groups is 2. The summed E-state index contributed by atoms with van der Waals surface area (Å²) in [5.74, 6) is -2.13. The van der Waals surface area contributed by atoms with Crippen LogP contribution in [-0.4, -0.2) is 74.3 Å². The van der Waals surface area contributed by atoms with Crippen LogP contribution in [0.2, 0.25) is 0 Å². The highest BCUT2D eigenvalue weighted by molar-refractivity contribution is 6.00. The molecule has 3 rings (SSSR count). The quantitative estimate of drug-likeness (QED) is 0.198. The van der Waals surface area contributed by atoms with Gasteiger partial charge in [-0.15, -0.1) is 0 Å². The third-order valence-corrected chi connectivity index (χ3v) is 12.7. The van der Waals surface area contributed by atoms with Crippen molar-refractivity contribution in [2.75, 3.05) is 14.1 Å². The van der Waals surface area contributed by atoms with Crippen LogP contribution in [-0.2, 0) is 31.6 Å². The van der Waals surface area contributed by atoms with Crippen molar-refractivity contribution in [3.63, 3.8) is 0 Å². The number of phenols is 1. The highest BCUT2D eigenvalue weighted by atomic mass is 16.5. The van der Waals surface area contributed by atoms with E-state index in [0.29, 0.717) is 44.3 Å². The van der Waals surface area contributed by atoms with E-state index in [2.05, 4.69) is 140 Å². The van der Waals surface area contributed by atoms with Crippen LogP contribution in [0.4, 0.5) is 0 Å². The minimum atomic E-state index is -1.71. The first-order valence-electron chi connectivity index (χ1n) is 18.7. The largest absolute Gasteiger partial charge is 0.507 e. The molecule has 2 fully saturated rings. The Morgan fingerprint density at radius 2 is 1.12 bits per heavy atom. The first-order chi connectivity index (χ1) is 21.9. The maximum atomic E-state index is 15.2. The Balaban J connectivity index is 2.21. The lowest BCUT2D eigenvalue weighted by molar-refractivity contribution is -0.197. The Hall–Kier alpha value is -2.12. The number of carboxylic acid groups (broad SMARTS) is 1. The van der Waals surface area contributed by atoms with Gasteiger partial charge in [-0.1, -0.05) is 67.0 Å². The zero-order valence-electron chi connectivity index (χ0n) is 34.4. The van der Waals surface area contributed by atoms with Crippen LogP contribution in [0.5, 0.6) is 5.75 Å². The van der Waals surface area contributed by atoms with Crippen LogP contribution >= 0.6 is 0 Å². The van der Waals surface area contributed by atoms with Gasteiger partial charge in [0.25, 0.3) is 0 Å². The van der Waals surface area contributed by atoms with Crippen LogP contribution in [0.3, 0.4) is 0 Å². The number of rotatable bonds is 9. The van der Waals surface area contributed by atoms with Crippen molar-refractivity contribution < 1.29 is 24.5 Å². The van der Waals surface area contributed by atoms with Gasteiger partial charge in [-0.2, -0.15) is 0 Å². The number of piperidine rings is 2. The van der Waals surface area contributed by atoms with Gasteiger partial charge in [0.05, 0.1) is 0 Å². The second-order valence-electron chi connectivity index (χ2n) is 20.3. The van der Waals surface area contributed by atoms with Gasteiger partial charge in [-0.05, 0) is 141 Å². The van der Waals surface area contributed by atoms with Crippen molar-refractivity contribution in [2.45, 2.75) is 188 Å². The second kappa shape index (κ2) is 13.5. The van der Waals surface area contributed by atoms with Crippen LogP contribution in [0.1, 0.15) is 159 Å². The van der Waals surface area contributed by atoms with Gasteiger partial charge in [0.1, 0.15) is 11.9 Å². The van der Waals surface area contributed by atoms with E-state index in [-0.39, 0.29) is 33.0 Å². The first kappa shape index (κ1) is 41.3. The van der Waals surface area contributed by atoms with Gasteiger partial charge in [0, 0.05) is 28.6 Å². The van der Waals surface area contributed by atoms with Crippen LogP contribution in [0, 0.1) is 17.3 Å². The zero-order chi connectivity index (χ0) is 37.9. The number of phenolic OH excluding ortho intramolecular Hbond substituents is 1. The molecule has 1 aromatic carbocycles. The Morgan fingerprint density at radius 1 is 0.776 bits per heavy atom. The summed E-state index contributed by atoms with van der Waals surface area (Å²) in [7, 11) is 4.23. The lowest BCUT2D eigenvalue weighted by atomic mass is 9.53. The molecule has 1 unspecified atom stereocenters. The van der Waals surface area contributed by atoms with Crippen LogP contribution in [0.15, 0.2) is 12.1 Å². The number of ether oxygens (including phenoxy) is 1. The summed E-state index contributed by atoms with van der Waals surface area (Å²) in [6, 6.07) is 4.10. The highest BCUT2D eigenvalue weighted by Crippen LogP contribution is 2.57. The highest BCUT2D eigenvalue weighted by Gasteiger charge is 2.65. The van der Waals surface area contributed by atoms with Crippen LogP contribution in [0.25, 0.3) is 0 Å². The predicted molar refractivity (Wildman–Crippen MR) is 201 cm³/mol. The number of carboxylic acids is 1. The molecule has 1 atom stereocenters. The molecule has 0 aromatic heterocycles. The number of nitrogens with zero attached hydrogens (tertiary/aromatic N) is 2. The molecule has 0 amide bonds. The van der Waals surface area contributed by atoms with E-state index >= 15 is 4.79 Å². The smallest absolute Gasteiger partial charge is 0.324 e. The summed E-state index contributed by atoms with van der Waals surface area (Å²) < 4.78 is 6.63. The molecule has 2 saturated heterocycles. The number of hydrogen-bond acceptors (Lipinski definition) is 6. The van der Waals surface area contributed by atoms with E-state index in [4.69, 9.17) is 4.74 Å². The molecule has 7 heteroatoms. The van der Waals surface area contributed by atoms with E-state index in [0.717, 1.165) is 23.1 Å². The molecule has 0 aliphatic carbocycles. The number of benzene rings is 1. The molecule has 7 nitrogen and oxygen atoms in total. The van der Waals surface area contributed by atoms with Gasteiger partial charge in [0.2, 0.25) is 0 Å². The van der Waals surface area contributed by atoms with Crippen LogP contribution < -0.4 is 0 Å². The van der Waals surface area contributed by atoms with Crippen molar-refractivity contribution >= 4 is 11.9 Å². The summed E-state index contributed by atoms with van der Waals surface area (Å²) in [5, 5.41) is 22.9.